The van der Waals surface area contributed by atoms with Gasteiger partial charge < -0.3 is 4.74 Å². The number of sulfonamides is 1. The van der Waals surface area contributed by atoms with E-state index in [1.54, 1.807) is 0 Å². The van der Waals surface area contributed by atoms with E-state index in [4.69, 9.17) is 16.3 Å². The van der Waals surface area contributed by atoms with Crippen molar-refractivity contribution >= 4 is 21.6 Å². The summed E-state index contributed by atoms with van der Waals surface area (Å²) in [6.07, 6.45) is 0. The lowest BCUT2D eigenvalue weighted by atomic mass is 10.4. The van der Waals surface area contributed by atoms with Crippen LogP contribution in [-0.2, 0) is 14.8 Å². The summed E-state index contributed by atoms with van der Waals surface area (Å²) >= 11 is 5.90. The standard InChI is InChI=1S/C11H15ClFNO3S/c1-14(7-9(12)8-17-2)18(15,16)11-5-3-4-10(13)6-11/h3-6,9H,7-8H2,1-2H3. The fraction of sp³-hybridized carbons (Fsp3) is 0.455. The molecule has 18 heavy (non-hydrogen) atoms. The van der Waals surface area contributed by atoms with Crippen molar-refractivity contribution in [2.45, 2.75) is 10.3 Å². The van der Waals surface area contributed by atoms with Crippen LogP contribution in [0.1, 0.15) is 0 Å². The first kappa shape index (κ1) is 15.4. The first-order valence-corrected chi connectivity index (χ1v) is 7.10. The van der Waals surface area contributed by atoms with Crippen molar-refractivity contribution in [3.8, 4) is 0 Å². The Hall–Kier alpha value is -0.690. The summed E-state index contributed by atoms with van der Waals surface area (Å²) in [6.45, 7) is 0.332. The molecule has 1 atom stereocenters. The molecular weight excluding hydrogens is 281 g/mol. The highest BCUT2D eigenvalue weighted by Gasteiger charge is 2.23. The molecule has 0 saturated heterocycles. The molecule has 0 saturated carbocycles. The fourth-order valence-electron chi connectivity index (χ4n) is 1.42. The monoisotopic (exact) mass is 295 g/mol. The van der Waals surface area contributed by atoms with E-state index < -0.39 is 21.2 Å². The highest BCUT2D eigenvalue weighted by atomic mass is 35.5. The topological polar surface area (TPSA) is 46.6 Å². The Labute approximate surface area is 111 Å². The summed E-state index contributed by atoms with van der Waals surface area (Å²) in [7, 11) is -0.845. The molecule has 0 radical (unpaired) electrons. The predicted octanol–water partition coefficient (Wildman–Crippen LogP) is 1.70. The van der Waals surface area contributed by atoms with E-state index >= 15 is 0 Å². The van der Waals surface area contributed by atoms with Crippen LogP contribution in [-0.4, -0.2) is 45.4 Å². The highest BCUT2D eigenvalue weighted by Crippen LogP contribution is 2.16. The molecule has 7 heteroatoms. The molecule has 4 nitrogen and oxygen atoms in total. The van der Waals surface area contributed by atoms with Crippen LogP contribution < -0.4 is 0 Å². The van der Waals surface area contributed by atoms with Gasteiger partial charge in [-0.25, -0.2) is 12.8 Å². The molecule has 1 aromatic carbocycles. The number of methoxy groups -OCH3 is 1. The molecule has 0 aromatic heterocycles. The Bertz CT molecular complexity index is 495. The van der Waals surface area contributed by atoms with E-state index in [1.807, 2.05) is 0 Å². The van der Waals surface area contributed by atoms with Crippen LogP contribution in [0.5, 0.6) is 0 Å². The van der Waals surface area contributed by atoms with Gasteiger partial charge in [0.15, 0.2) is 0 Å². The van der Waals surface area contributed by atoms with Gasteiger partial charge in [0.1, 0.15) is 5.82 Å². The number of alkyl halides is 1. The van der Waals surface area contributed by atoms with Gasteiger partial charge in [-0.05, 0) is 18.2 Å². The van der Waals surface area contributed by atoms with Crippen LogP contribution in [0.3, 0.4) is 0 Å². The Morgan fingerprint density at radius 3 is 2.72 bits per heavy atom. The van der Waals surface area contributed by atoms with Crippen molar-refractivity contribution in [1.29, 1.82) is 0 Å². The summed E-state index contributed by atoms with van der Waals surface area (Å²) < 4.78 is 43.1. The maximum Gasteiger partial charge on any atom is 0.242 e. The van der Waals surface area contributed by atoms with Crippen LogP contribution in [0.25, 0.3) is 0 Å². The number of hydrogen-bond acceptors (Lipinski definition) is 3. The molecule has 102 valence electrons. The molecule has 1 rings (SSSR count). The van der Waals surface area contributed by atoms with Gasteiger partial charge in [-0.3, -0.25) is 0 Å². The van der Waals surface area contributed by atoms with Crippen molar-refractivity contribution in [2.24, 2.45) is 0 Å². The molecule has 0 amide bonds. The molecule has 0 N–H and O–H groups in total. The second kappa shape index (κ2) is 6.47. The van der Waals surface area contributed by atoms with E-state index in [2.05, 4.69) is 0 Å². The summed E-state index contributed by atoms with van der Waals surface area (Å²) in [5.41, 5.74) is 0. The van der Waals surface area contributed by atoms with Crippen LogP contribution in [0, 0.1) is 5.82 Å². The zero-order valence-electron chi connectivity index (χ0n) is 10.1. The molecule has 0 aliphatic rings. The van der Waals surface area contributed by atoms with Gasteiger partial charge in [0.25, 0.3) is 0 Å². The SMILES string of the molecule is COCC(Cl)CN(C)S(=O)(=O)c1cccc(F)c1. The molecule has 0 spiro atoms. The summed E-state index contributed by atoms with van der Waals surface area (Å²) in [5.74, 6) is -0.594. The van der Waals surface area contributed by atoms with Crippen molar-refractivity contribution in [3.05, 3.63) is 30.1 Å². The van der Waals surface area contributed by atoms with Crippen LogP contribution in [0.4, 0.5) is 4.39 Å². The number of benzene rings is 1. The minimum atomic E-state index is -3.72. The Morgan fingerprint density at radius 2 is 2.17 bits per heavy atom. The van der Waals surface area contributed by atoms with Gasteiger partial charge >= 0.3 is 0 Å². The van der Waals surface area contributed by atoms with Gasteiger partial charge in [0.2, 0.25) is 10.0 Å². The van der Waals surface area contributed by atoms with Crippen LogP contribution >= 0.6 is 11.6 Å². The average molecular weight is 296 g/mol. The van der Waals surface area contributed by atoms with Crippen molar-refractivity contribution in [3.63, 3.8) is 0 Å². The molecule has 0 aliphatic carbocycles. The molecule has 0 bridgehead atoms. The first-order chi connectivity index (χ1) is 8.37. The molecule has 1 aromatic rings. The van der Waals surface area contributed by atoms with Gasteiger partial charge in [-0.15, -0.1) is 11.6 Å². The molecular formula is C11H15ClFNO3S. The zero-order chi connectivity index (χ0) is 13.8. The average Bonchev–Trinajstić information content (AvgIpc) is 2.29. The molecule has 1 unspecified atom stereocenters. The zero-order valence-corrected chi connectivity index (χ0v) is 11.7. The summed E-state index contributed by atoms with van der Waals surface area (Å²) in [5, 5.41) is -0.455. The molecule has 0 aliphatic heterocycles. The second-order valence-corrected chi connectivity index (χ2v) is 6.46. The Balaban J connectivity index is 2.86. The van der Waals surface area contributed by atoms with E-state index in [-0.39, 0.29) is 18.0 Å². The lowest BCUT2D eigenvalue weighted by molar-refractivity contribution is 0.192. The number of halogens is 2. The second-order valence-electron chi connectivity index (χ2n) is 3.80. The van der Waals surface area contributed by atoms with Crippen LogP contribution in [0.15, 0.2) is 29.2 Å². The lowest BCUT2D eigenvalue weighted by Gasteiger charge is -2.19. The van der Waals surface area contributed by atoms with Crippen molar-refractivity contribution in [2.75, 3.05) is 27.3 Å². The predicted molar refractivity (Wildman–Crippen MR) is 67.7 cm³/mol. The number of ether oxygens (including phenoxy) is 1. The third-order valence-electron chi connectivity index (χ3n) is 2.31. The minimum absolute atomic E-state index is 0.0914. The van der Waals surface area contributed by atoms with Crippen molar-refractivity contribution in [1.82, 2.24) is 4.31 Å². The van der Waals surface area contributed by atoms with E-state index in [0.29, 0.717) is 0 Å². The third-order valence-corrected chi connectivity index (χ3v) is 4.39. The Morgan fingerprint density at radius 1 is 1.50 bits per heavy atom. The maximum absolute atomic E-state index is 13.0. The third kappa shape index (κ3) is 3.91. The summed E-state index contributed by atoms with van der Waals surface area (Å²) in [6, 6.07) is 4.86. The first-order valence-electron chi connectivity index (χ1n) is 5.23. The van der Waals surface area contributed by atoms with E-state index in [0.717, 1.165) is 10.4 Å². The minimum Gasteiger partial charge on any atom is -0.383 e. The van der Waals surface area contributed by atoms with E-state index in [1.165, 1.54) is 32.4 Å². The number of rotatable bonds is 6. The van der Waals surface area contributed by atoms with Gasteiger partial charge in [-0.1, -0.05) is 6.07 Å². The number of nitrogens with zero attached hydrogens (tertiary/aromatic N) is 1. The van der Waals surface area contributed by atoms with Crippen molar-refractivity contribution < 1.29 is 17.5 Å². The Kier molecular flexibility index (Phi) is 5.52. The number of hydrogen-bond donors (Lipinski definition) is 0. The van der Waals surface area contributed by atoms with Gasteiger partial charge in [0.05, 0.1) is 16.9 Å². The van der Waals surface area contributed by atoms with E-state index in [9.17, 15) is 12.8 Å². The highest BCUT2D eigenvalue weighted by molar-refractivity contribution is 7.89. The van der Waals surface area contributed by atoms with Crippen LogP contribution in [0.2, 0.25) is 0 Å². The normalized spacial score (nSPS) is 13.8. The fourth-order valence-corrected chi connectivity index (χ4v) is 3.08. The van der Waals surface area contributed by atoms with Gasteiger partial charge in [0, 0.05) is 20.7 Å². The molecule has 0 fully saturated rings. The maximum atomic E-state index is 13.0. The summed E-state index contributed by atoms with van der Waals surface area (Å²) in [4.78, 5) is -0.0914. The quantitative estimate of drug-likeness (QED) is 0.751. The molecule has 0 heterocycles. The largest absolute Gasteiger partial charge is 0.383 e. The lowest BCUT2D eigenvalue weighted by Crippen LogP contribution is -2.34. The van der Waals surface area contributed by atoms with Gasteiger partial charge in [-0.2, -0.15) is 4.31 Å². The smallest absolute Gasteiger partial charge is 0.242 e.